The van der Waals surface area contributed by atoms with E-state index in [0.29, 0.717) is 5.76 Å². The Morgan fingerprint density at radius 2 is 2.46 bits per heavy atom. The molecule has 0 N–H and O–H groups in total. The van der Waals surface area contributed by atoms with Gasteiger partial charge in [-0.15, -0.1) is 0 Å². The van der Waals surface area contributed by atoms with Crippen LogP contribution in [0.15, 0.2) is 10.6 Å². The van der Waals surface area contributed by atoms with Crippen LogP contribution in [0.3, 0.4) is 0 Å². The molecule has 0 radical (unpaired) electrons. The molecule has 0 atom stereocenters. The van der Waals surface area contributed by atoms with Gasteiger partial charge in [-0.2, -0.15) is 0 Å². The Morgan fingerprint density at radius 3 is 2.92 bits per heavy atom. The molecule has 0 amide bonds. The van der Waals surface area contributed by atoms with E-state index >= 15 is 0 Å². The van der Waals surface area contributed by atoms with Gasteiger partial charge in [0.25, 0.3) is 0 Å². The van der Waals surface area contributed by atoms with Crippen molar-refractivity contribution in [2.45, 2.75) is 32.3 Å². The van der Waals surface area contributed by atoms with Gasteiger partial charge in [-0.3, -0.25) is 0 Å². The van der Waals surface area contributed by atoms with E-state index in [0.717, 1.165) is 19.3 Å². The monoisotopic (exact) mass is 181 g/mol. The minimum absolute atomic E-state index is 0.101. The number of rotatable bonds is 2. The highest BCUT2D eigenvalue weighted by Gasteiger charge is 2.23. The average Bonchev–Trinajstić information content (AvgIpc) is 2.44. The van der Waals surface area contributed by atoms with E-state index < -0.39 is 0 Å². The third-order valence-corrected chi connectivity index (χ3v) is 2.16. The number of carbonyl (C=O) groups excluding carboxylic acids is 1. The summed E-state index contributed by atoms with van der Waals surface area (Å²) in [5, 5.41) is 3.58. The third-order valence-electron chi connectivity index (χ3n) is 2.16. The van der Waals surface area contributed by atoms with Crippen LogP contribution < -0.4 is 0 Å². The Kier molecular flexibility index (Phi) is 2.04. The molecule has 2 rings (SSSR count). The standard InChI is InChI=1S/C9H11NO3/c1-6-5-8(10-13-6)9(11)12-7-3-2-4-7/h5,7H,2-4H2,1H3. The summed E-state index contributed by atoms with van der Waals surface area (Å²) in [6, 6.07) is 1.58. The van der Waals surface area contributed by atoms with Crippen LogP contribution >= 0.6 is 0 Å². The van der Waals surface area contributed by atoms with Gasteiger partial charge in [0.15, 0.2) is 5.69 Å². The molecule has 1 heterocycles. The second kappa shape index (κ2) is 3.20. The number of ether oxygens (including phenoxy) is 1. The molecule has 1 saturated carbocycles. The lowest BCUT2D eigenvalue weighted by Gasteiger charge is -2.24. The molecule has 0 unspecified atom stereocenters. The van der Waals surface area contributed by atoms with Crippen LogP contribution in [-0.4, -0.2) is 17.2 Å². The lowest BCUT2D eigenvalue weighted by Crippen LogP contribution is -2.25. The summed E-state index contributed by atoms with van der Waals surface area (Å²) >= 11 is 0. The topological polar surface area (TPSA) is 52.3 Å². The fourth-order valence-corrected chi connectivity index (χ4v) is 1.16. The van der Waals surface area contributed by atoms with Gasteiger partial charge in [0, 0.05) is 6.07 Å². The minimum atomic E-state index is -0.374. The number of hydrogen-bond donors (Lipinski definition) is 0. The molecular formula is C9H11NO3. The Bertz CT molecular complexity index is 314. The quantitative estimate of drug-likeness (QED) is 0.651. The van der Waals surface area contributed by atoms with Crippen molar-refractivity contribution in [2.75, 3.05) is 0 Å². The normalized spacial score (nSPS) is 16.7. The van der Waals surface area contributed by atoms with E-state index in [9.17, 15) is 4.79 Å². The van der Waals surface area contributed by atoms with E-state index in [2.05, 4.69) is 5.16 Å². The fourth-order valence-electron chi connectivity index (χ4n) is 1.16. The van der Waals surface area contributed by atoms with Crippen LogP contribution in [0.2, 0.25) is 0 Å². The first-order valence-electron chi connectivity index (χ1n) is 4.40. The van der Waals surface area contributed by atoms with E-state index in [-0.39, 0.29) is 17.8 Å². The van der Waals surface area contributed by atoms with Crippen molar-refractivity contribution >= 4 is 5.97 Å². The molecular weight excluding hydrogens is 170 g/mol. The molecule has 1 fully saturated rings. The van der Waals surface area contributed by atoms with Gasteiger partial charge in [0.05, 0.1) is 0 Å². The number of aromatic nitrogens is 1. The molecule has 1 aliphatic carbocycles. The Labute approximate surface area is 75.9 Å². The van der Waals surface area contributed by atoms with Crippen molar-refractivity contribution in [3.8, 4) is 0 Å². The van der Waals surface area contributed by atoms with Crippen LogP contribution in [0.4, 0.5) is 0 Å². The number of nitrogens with zero attached hydrogens (tertiary/aromatic N) is 1. The molecule has 1 aromatic heterocycles. The molecule has 0 bridgehead atoms. The second-order valence-corrected chi connectivity index (χ2v) is 3.28. The van der Waals surface area contributed by atoms with E-state index in [1.165, 1.54) is 0 Å². The summed E-state index contributed by atoms with van der Waals surface area (Å²) < 4.78 is 9.89. The Balaban J connectivity index is 1.96. The van der Waals surface area contributed by atoms with Gasteiger partial charge < -0.3 is 9.26 Å². The number of carbonyl (C=O) groups is 1. The van der Waals surface area contributed by atoms with Crippen LogP contribution in [-0.2, 0) is 4.74 Å². The number of hydrogen-bond acceptors (Lipinski definition) is 4. The van der Waals surface area contributed by atoms with Crippen molar-refractivity contribution in [2.24, 2.45) is 0 Å². The maximum atomic E-state index is 11.3. The van der Waals surface area contributed by atoms with Crippen molar-refractivity contribution in [1.82, 2.24) is 5.16 Å². The van der Waals surface area contributed by atoms with Crippen molar-refractivity contribution in [3.63, 3.8) is 0 Å². The third kappa shape index (κ3) is 1.71. The lowest BCUT2D eigenvalue weighted by molar-refractivity contribution is 0.00797. The predicted molar refractivity (Wildman–Crippen MR) is 44.3 cm³/mol. The molecule has 0 aromatic carbocycles. The number of esters is 1. The molecule has 13 heavy (non-hydrogen) atoms. The van der Waals surface area contributed by atoms with Gasteiger partial charge in [0.2, 0.25) is 0 Å². The van der Waals surface area contributed by atoms with Crippen LogP contribution in [0.5, 0.6) is 0 Å². The Morgan fingerprint density at radius 1 is 1.69 bits per heavy atom. The zero-order valence-electron chi connectivity index (χ0n) is 7.45. The highest BCUT2D eigenvalue weighted by molar-refractivity contribution is 5.87. The maximum absolute atomic E-state index is 11.3. The van der Waals surface area contributed by atoms with Gasteiger partial charge in [0.1, 0.15) is 11.9 Å². The first-order chi connectivity index (χ1) is 6.25. The highest BCUT2D eigenvalue weighted by atomic mass is 16.5. The van der Waals surface area contributed by atoms with Crippen molar-refractivity contribution < 1.29 is 14.1 Å². The number of aryl methyl sites for hydroxylation is 1. The first kappa shape index (κ1) is 8.29. The van der Waals surface area contributed by atoms with Crippen LogP contribution in [0.1, 0.15) is 35.5 Å². The molecule has 0 spiro atoms. The van der Waals surface area contributed by atoms with Gasteiger partial charge in [-0.25, -0.2) is 4.79 Å². The molecule has 1 aromatic rings. The van der Waals surface area contributed by atoms with Crippen LogP contribution in [0, 0.1) is 6.92 Å². The summed E-state index contributed by atoms with van der Waals surface area (Å²) in [5.74, 6) is 0.252. The smallest absolute Gasteiger partial charge is 0.360 e. The SMILES string of the molecule is Cc1cc(C(=O)OC2CCC2)no1. The van der Waals surface area contributed by atoms with Crippen molar-refractivity contribution in [1.29, 1.82) is 0 Å². The fraction of sp³-hybridized carbons (Fsp3) is 0.556. The summed E-state index contributed by atoms with van der Waals surface area (Å²) in [6.07, 6.45) is 3.20. The second-order valence-electron chi connectivity index (χ2n) is 3.28. The summed E-state index contributed by atoms with van der Waals surface area (Å²) in [6.45, 7) is 1.74. The van der Waals surface area contributed by atoms with Gasteiger partial charge in [-0.05, 0) is 26.2 Å². The zero-order valence-corrected chi connectivity index (χ0v) is 7.45. The summed E-state index contributed by atoms with van der Waals surface area (Å²) in [7, 11) is 0. The van der Waals surface area contributed by atoms with Crippen molar-refractivity contribution in [3.05, 3.63) is 17.5 Å². The van der Waals surface area contributed by atoms with Gasteiger partial charge >= 0.3 is 5.97 Å². The minimum Gasteiger partial charge on any atom is -0.458 e. The molecule has 1 aliphatic rings. The highest BCUT2D eigenvalue weighted by Crippen LogP contribution is 2.22. The van der Waals surface area contributed by atoms with E-state index in [1.54, 1.807) is 13.0 Å². The molecule has 0 aliphatic heterocycles. The van der Waals surface area contributed by atoms with E-state index in [4.69, 9.17) is 9.26 Å². The first-order valence-corrected chi connectivity index (χ1v) is 4.40. The van der Waals surface area contributed by atoms with Gasteiger partial charge in [-0.1, -0.05) is 5.16 Å². The molecule has 4 heteroatoms. The van der Waals surface area contributed by atoms with Crippen LogP contribution in [0.25, 0.3) is 0 Å². The predicted octanol–water partition coefficient (Wildman–Crippen LogP) is 1.69. The summed E-state index contributed by atoms with van der Waals surface area (Å²) in [5.41, 5.74) is 0.268. The molecule has 70 valence electrons. The average molecular weight is 181 g/mol. The summed E-state index contributed by atoms with van der Waals surface area (Å²) in [4.78, 5) is 11.3. The zero-order chi connectivity index (χ0) is 9.26. The van der Waals surface area contributed by atoms with E-state index in [1.807, 2.05) is 0 Å². The Hall–Kier alpha value is -1.32. The lowest BCUT2D eigenvalue weighted by atomic mass is 9.96. The molecule has 4 nitrogen and oxygen atoms in total. The largest absolute Gasteiger partial charge is 0.458 e. The maximum Gasteiger partial charge on any atom is 0.360 e. The molecule has 0 saturated heterocycles.